The summed E-state index contributed by atoms with van der Waals surface area (Å²) in [6.45, 7) is 17.5. The van der Waals surface area contributed by atoms with Crippen LogP contribution >= 0.6 is 0 Å². The van der Waals surface area contributed by atoms with Gasteiger partial charge in [-0.1, -0.05) is 13.8 Å². The third kappa shape index (κ3) is 10.5. The first-order valence-electron chi connectivity index (χ1n) is 10.3. The smallest absolute Gasteiger partial charge is 0.0558 e. The van der Waals surface area contributed by atoms with E-state index in [0.29, 0.717) is 0 Å². The number of nitrogens with zero attached hydrogens (tertiary/aromatic N) is 4. The fourth-order valence-electron chi connectivity index (χ4n) is 3.65. The molecule has 0 spiro atoms. The molecule has 0 radical (unpaired) electrons. The normalized spacial score (nSPS) is 22.6. The van der Waals surface area contributed by atoms with Crippen LogP contribution in [0.15, 0.2) is 0 Å². The van der Waals surface area contributed by atoms with Crippen LogP contribution in [0.1, 0.15) is 33.1 Å². The fraction of sp³-hybridized carbons (Fsp3) is 1.00. The monoisotopic (exact) mass is 358 g/mol. The van der Waals surface area contributed by atoms with Crippen molar-refractivity contribution in [2.24, 2.45) is 0 Å². The van der Waals surface area contributed by atoms with Crippen molar-refractivity contribution in [1.82, 2.24) is 19.6 Å². The average molecular weight is 359 g/mol. The Bertz CT molecular complexity index is 307. The molecule has 6 nitrogen and oxygen atoms in total. The molecule has 2 N–H and O–H groups in total. The summed E-state index contributed by atoms with van der Waals surface area (Å²) in [6, 6.07) is 0. The quantitative estimate of drug-likeness (QED) is 0.717. The van der Waals surface area contributed by atoms with Gasteiger partial charge in [0.1, 0.15) is 0 Å². The Morgan fingerprint density at radius 3 is 1.24 bits per heavy atom. The van der Waals surface area contributed by atoms with Gasteiger partial charge in [-0.2, -0.15) is 0 Å². The summed E-state index contributed by atoms with van der Waals surface area (Å²) in [6.07, 6.45) is 3.50. The number of aliphatic hydroxyl groups is 2. The summed E-state index contributed by atoms with van der Waals surface area (Å²) >= 11 is 0. The van der Waals surface area contributed by atoms with E-state index in [0.717, 1.165) is 85.0 Å². The molecule has 1 aliphatic rings. The standard InChI is InChI=1S/C19H42N4O2/c1-3-20-8-5-11-22(16-18-24)12-7-10-21(4-2)14-15-23(17-19-25)13-6-9-20/h24-25H,3-19H2,1-2H3. The lowest BCUT2D eigenvalue weighted by Crippen LogP contribution is -2.39. The van der Waals surface area contributed by atoms with Crippen molar-refractivity contribution in [3.63, 3.8) is 0 Å². The molecule has 0 aromatic carbocycles. The van der Waals surface area contributed by atoms with Crippen LogP contribution in [0, 0.1) is 0 Å². The van der Waals surface area contributed by atoms with E-state index in [-0.39, 0.29) is 13.2 Å². The number of rotatable bonds is 6. The zero-order chi connectivity index (χ0) is 18.3. The van der Waals surface area contributed by atoms with Gasteiger partial charge < -0.3 is 24.9 Å². The van der Waals surface area contributed by atoms with E-state index in [4.69, 9.17) is 0 Å². The van der Waals surface area contributed by atoms with Gasteiger partial charge in [0.2, 0.25) is 0 Å². The van der Waals surface area contributed by atoms with Gasteiger partial charge in [0, 0.05) is 26.2 Å². The number of hydrogen-bond donors (Lipinski definition) is 2. The first-order valence-corrected chi connectivity index (χ1v) is 10.3. The van der Waals surface area contributed by atoms with E-state index < -0.39 is 0 Å². The Balaban J connectivity index is 2.61. The van der Waals surface area contributed by atoms with Gasteiger partial charge in [-0.15, -0.1) is 0 Å². The Kier molecular flexibility index (Phi) is 13.6. The maximum atomic E-state index is 9.34. The molecular formula is C19H42N4O2. The lowest BCUT2D eigenvalue weighted by molar-refractivity contribution is 0.160. The number of β-amino-alcohol motifs (C(OH)–C–C–N with tert-alkyl or cyclic N) is 2. The Morgan fingerprint density at radius 1 is 0.520 bits per heavy atom. The molecule has 1 rings (SSSR count). The van der Waals surface area contributed by atoms with Crippen LogP contribution in [0.5, 0.6) is 0 Å². The lowest BCUT2D eigenvalue weighted by atomic mass is 10.3. The molecule has 0 aromatic heterocycles. The molecular weight excluding hydrogens is 316 g/mol. The number of likely N-dealkylation sites (N-methyl/N-ethyl adjacent to an activating group) is 1. The molecule has 0 aliphatic carbocycles. The molecule has 1 saturated heterocycles. The van der Waals surface area contributed by atoms with E-state index in [1.54, 1.807) is 0 Å². The van der Waals surface area contributed by atoms with Crippen molar-refractivity contribution in [2.75, 3.05) is 91.8 Å². The fourth-order valence-corrected chi connectivity index (χ4v) is 3.65. The van der Waals surface area contributed by atoms with E-state index in [2.05, 4.69) is 33.4 Å². The zero-order valence-corrected chi connectivity index (χ0v) is 16.7. The predicted octanol–water partition coefficient (Wildman–Crippen LogP) is 0.403. The van der Waals surface area contributed by atoms with Crippen molar-refractivity contribution in [3.8, 4) is 0 Å². The Hall–Kier alpha value is -0.240. The van der Waals surface area contributed by atoms with E-state index in [9.17, 15) is 10.2 Å². The van der Waals surface area contributed by atoms with Crippen LogP contribution < -0.4 is 0 Å². The highest BCUT2D eigenvalue weighted by Crippen LogP contribution is 2.03. The summed E-state index contributed by atoms with van der Waals surface area (Å²) in [7, 11) is 0. The van der Waals surface area contributed by atoms with Crippen molar-refractivity contribution in [1.29, 1.82) is 0 Å². The van der Waals surface area contributed by atoms with Crippen molar-refractivity contribution in [3.05, 3.63) is 0 Å². The molecule has 0 aromatic rings. The second kappa shape index (κ2) is 14.9. The van der Waals surface area contributed by atoms with Crippen LogP contribution in [0.3, 0.4) is 0 Å². The maximum Gasteiger partial charge on any atom is 0.0558 e. The molecule has 6 heteroatoms. The summed E-state index contributed by atoms with van der Waals surface area (Å²) in [5.41, 5.74) is 0. The molecule has 150 valence electrons. The maximum absolute atomic E-state index is 9.34. The molecule has 1 heterocycles. The summed E-state index contributed by atoms with van der Waals surface area (Å²) in [5, 5.41) is 18.6. The first-order chi connectivity index (χ1) is 12.2. The zero-order valence-electron chi connectivity index (χ0n) is 16.7. The van der Waals surface area contributed by atoms with Gasteiger partial charge >= 0.3 is 0 Å². The number of aliphatic hydroxyl groups excluding tert-OH is 2. The van der Waals surface area contributed by atoms with Gasteiger partial charge in [-0.3, -0.25) is 4.90 Å². The molecule has 1 fully saturated rings. The number of hydrogen-bond acceptors (Lipinski definition) is 6. The van der Waals surface area contributed by atoms with Gasteiger partial charge in [-0.05, 0) is 71.6 Å². The van der Waals surface area contributed by atoms with Crippen LogP contribution in [0.2, 0.25) is 0 Å². The minimum atomic E-state index is 0.250. The summed E-state index contributed by atoms with van der Waals surface area (Å²) < 4.78 is 0. The van der Waals surface area contributed by atoms with Crippen molar-refractivity contribution >= 4 is 0 Å². The molecule has 0 bridgehead atoms. The van der Waals surface area contributed by atoms with Crippen LogP contribution in [-0.2, 0) is 0 Å². The van der Waals surface area contributed by atoms with Gasteiger partial charge in [0.05, 0.1) is 13.2 Å². The molecule has 1 aliphatic heterocycles. The molecule has 0 saturated carbocycles. The average Bonchev–Trinajstić information content (AvgIpc) is 2.62. The van der Waals surface area contributed by atoms with E-state index >= 15 is 0 Å². The lowest BCUT2D eigenvalue weighted by Gasteiger charge is -2.27. The summed E-state index contributed by atoms with van der Waals surface area (Å²) in [5.74, 6) is 0. The van der Waals surface area contributed by atoms with Crippen LogP contribution in [-0.4, -0.2) is 122 Å². The molecule has 0 atom stereocenters. The van der Waals surface area contributed by atoms with Crippen LogP contribution in [0.25, 0.3) is 0 Å². The first kappa shape index (κ1) is 22.8. The molecule has 0 unspecified atom stereocenters. The third-order valence-electron chi connectivity index (χ3n) is 5.31. The van der Waals surface area contributed by atoms with Crippen LogP contribution in [0.4, 0.5) is 0 Å². The summed E-state index contributed by atoms with van der Waals surface area (Å²) in [4.78, 5) is 9.87. The Morgan fingerprint density at radius 2 is 0.840 bits per heavy atom. The van der Waals surface area contributed by atoms with Gasteiger partial charge in [0.15, 0.2) is 0 Å². The topological polar surface area (TPSA) is 53.4 Å². The van der Waals surface area contributed by atoms with Crippen molar-refractivity contribution < 1.29 is 10.2 Å². The Labute approximate surface area is 155 Å². The van der Waals surface area contributed by atoms with Gasteiger partial charge in [-0.25, -0.2) is 0 Å². The van der Waals surface area contributed by atoms with Crippen molar-refractivity contribution in [2.45, 2.75) is 33.1 Å². The highest BCUT2D eigenvalue weighted by molar-refractivity contribution is 4.68. The highest BCUT2D eigenvalue weighted by Gasteiger charge is 2.12. The minimum Gasteiger partial charge on any atom is -0.395 e. The minimum absolute atomic E-state index is 0.250. The van der Waals surface area contributed by atoms with E-state index in [1.807, 2.05) is 0 Å². The van der Waals surface area contributed by atoms with Gasteiger partial charge in [0.25, 0.3) is 0 Å². The predicted molar refractivity (Wildman–Crippen MR) is 105 cm³/mol. The molecule has 25 heavy (non-hydrogen) atoms. The third-order valence-corrected chi connectivity index (χ3v) is 5.31. The SMILES string of the molecule is CCN1CCCN(CCO)CCCN(CC)CCN(CCO)CCC1. The highest BCUT2D eigenvalue weighted by atomic mass is 16.3. The van der Waals surface area contributed by atoms with E-state index in [1.165, 1.54) is 12.8 Å². The molecule has 0 amide bonds. The largest absolute Gasteiger partial charge is 0.395 e. The second-order valence-corrected chi connectivity index (χ2v) is 7.06. The second-order valence-electron chi connectivity index (χ2n) is 7.06.